The molecule has 4 nitrogen and oxygen atoms in total. The van der Waals surface area contributed by atoms with E-state index in [9.17, 15) is 9.90 Å². The molecule has 0 unspecified atom stereocenters. The van der Waals surface area contributed by atoms with Crippen LogP contribution in [0.3, 0.4) is 0 Å². The molecule has 2 aromatic rings. The van der Waals surface area contributed by atoms with Crippen molar-refractivity contribution in [3.8, 4) is 0 Å². The first-order chi connectivity index (χ1) is 10.0. The van der Waals surface area contributed by atoms with Gasteiger partial charge >= 0.3 is 5.97 Å². The minimum absolute atomic E-state index is 0.168. The monoisotopic (exact) mass is 304 g/mol. The van der Waals surface area contributed by atoms with E-state index in [1.165, 1.54) is 0 Å². The van der Waals surface area contributed by atoms with Gasteiger partial charge in [0, 0.05) is 36.2 Å². The van der Waals surface area contributed by atoms with Gasteiger partial charge in [-0.3, -0.25) is 14.7 Å². The predicted molar refractivity (Wildman–Crippen MR) is 82.3 cm³/mol. The summed E-state index contributed by atoms with van der Waals surface area (Å²) < 4.78 is 0. The van der Waals surface area contributed by atoms with Gasteiger partial charge in [0.1, 0.15) is 0 Å². The molecule has 1 aliphatic heterocycles. The molecule has 1 fully saturated rings. The molecular weight excluding hydrogens is 288 g/mol. The van der Waals surface area contributed by atoms with Crippen molar-refractivity contribution in [2.24, 2.45) is 11.8 Å². The summed E-state index contributed by atoms with van der Waals surface area (Å²) in [7, 11) is 0. The van der Waals surface area contributed by atoms with Gasteiger partial charge in [-0.05, 0) is 29.7 Å². The molecule has 1 aromatic carbocycles. The van der Waals surface area contributed by atoms with Crippen LogP contribution in [-0.4, -0.2) is 34.0 Å². The maximum Gasteiger partial charge on any atom is 0.308 e. The molecule has 21 heavy (non-hydrogen) atoms. The van der Waals surface area contributed by atoms with Crippen LogP contribution in [0.15, 0.2) is 30.5 Å². The number of likely N-dealkylation sites (tertiary alicyclic amines) is 1. The molecule has 0 aliphatic carbocycles. The summed E-state index contributed by atoms with van der Waals surface area (Å²) in [5.41, 5.74) is 1.99. The molecule has 5 heteroatoms. The quantitative estimate of drug-likeness (QED) is 0.947. The molecule has 1 saturated heterocycles. The molecule has 0 amide bonds. The fourth-order valence-corrected chi connectivity index (χ4v) is 3.36. The Bertz CT molecular complexity index is 689. The predicted octanol–water partition coefficient (Wildman–Crippen LogP) is 3.04. The number of carbonyl (C=O) groups is 1. The fourth-order valence-electron chi connectivity index (χ4n) is 3.11. The lowest BCUT2D eigenvalue weighted by Crippen LogP contribution is -2.23. The number of carboxylic acid groups (broad SMARTS) is 1. The van der Waals surface area contributed by atoms with Crippen LogP contribution in [0, 0.1) is 11.8 Å². The lowest BCUT2D eigenvalue weighted by Gasteiger charge is -2.16. The zero-order chi connectivity index (χ0) is 15.0. The van der Waals surface area contributed by atoms with Gasteiger partial charge in [-0.25, -0.2) is 0 Å². The first-order valence-electron chi connectivity index (χ1n) is 7.03. The summed E-state index contributed by atoms with van der Waals surface area (Å²) in [6.45, 7) is 4.05. The van der Waals surface area contributed by atoms with E-state index in [1.807, 2.05) is 31.2 Å². The Balaban J connectivity index is 1.87. The van der Waals surface area contributed by atoms with Gasteiger partial charge in [-0.2, -0.15) is 0 Å². The van der Waals surface area contributed by atoms with Gasteiger partial charge < -0.3 is 5.11 Å². The van der Waals surface area contributed by atoms with Crippen molar-refractivity contribution in [2.75, 3.05) is 13.1 Å². The fraction of sp³-hybridized carbons (Fsp3) is 0.375. The molecule has 0 bridgehead atoms. The maximum atomic E-state index is 11.2. The van der Waals surface area contributed by atoms with Crippen LogP contribution in [0.1, 0.15) is 12.5 Å². The molecule has 0 spiro atoms. The van der Waals surface area contributed by atoms with E-state index in [1.54, 1.807) is 6.20 Å². The second-order valence-corrected chi connectivity index (χ2v) is 6.19. The van der Waals surface area contributed by atoms with Crippen molar-refractivity contribution in [3.63, 3.8) is 0 Å². The third kappa shape index (κ3) is 2.87. The zero-order valence-corrected chi connectivity index (χ0v) is 12.5. The third-order valence-electron chi connectivity index (χ3n) is 4.15. The average molecular weight is 305 g/mol. The van der Waals surface area contributed by atoms with E-state index in [-0.39, 0.29) is 11.8 Å². The highest BCUT2D eigenvalue weighted by atomic mass is 35.5. The maximum absolute atomic E-state index is 11.2. The Morgan fingerprint density at radius 2 is 2.29 bits per heavy atom. The number of nitrogens with zero attached hydrogens (tertiary/aromatic N) is 2. The largest absolute Gasteiger partial charge is 0.481 e. The van der Waals surface area contributed by atoms with Crippen LogP contribution < -0.4 is 0 Å². The number of hydrogen-bond donors (Lipinski definition) is 1. The first kappa shape index (κ1) is 14.3. The summed E-state index contributed by atoms with van der Waals surface area (Å²) in [6, 6.07) is 7.71. The summed E-state index contributed by atoms with van der Waals surface area (Å²) in [6.07, 6.45) is 1.77. The third-order valence-corrected chi connectivity index (χ3v) is 4.37. The SMILES string of the molecule is C[C@@H]1CN(Cc2cc(Cl)cc3cccnc23)C[C@H]1C(=O)O. The molecule has 1 aromatic heterocycles. The summed E-state index contributed by atoms with van der Waals surface area (Å²) in [5.74, 6) is -0.830. The van der Waals surface area contributed by atoms with Gasteiger partial charge in [0.15, 0.2) is 0 Å². The van der Waals surface area contributed by atoms with Crippen LogP contribution >= 0.6 is 11.6 Å². The molecule has 3 rings (SSSR count). The van der Waals surface area contributed by atoms with Crippen molar-refractivity contribution in [1.29, 1.82) is 0 Å². The van der Waals surface area contributed by atoms with Crippen LogP contribution in [0.25, 0.3) is 10.9 Å². The van der Waals surface area contributed by atoms with E-state index in [0.717, 1.165) is 23.0 Å². The van der Waals surface area contributed by atoms with Crippen LogP contribution in [0.5, 0.6) is 0 Å². The van der Waals surface area contributed by atoms with E-state index in [0.29, 0.717) is 18.1 Å². The van der Waals surface area contributed by atoms with Crippen molar-refractivity contribution in [3.05, 3.63) is 41.0 Å². The molecule has 2 atom stereocenters. The summed E-state index contributed by atoms with van der Waals surface area (Å²) >= 11 is 6.18. The smallest absolute Gasteiger partial charge is 0.308 e. The Labute approximate surface area is 128 Å². The van der Waals surface area contributed by atoms with E-state index in [2.05, 4.69) is 9.88 Å². The summed E-state index contributed by atoms with van der Waals surface area (Å²) in [5, 5.41) is 10.9. The number of aromatic nitrogens is 1. The molecular formula is C16H17ClN2O2. The first-order valence-corrected chi connectivity index (χ1v) is 7.40. The highest BCUT2D eigenvalue weighted by molar-refractivity contribution is 6.31. The lowest BCUT2D eigenvalue weighted by molar-refractivity contribution is -0.142. The Kier molecular flexibility index (Phi) is 3.83. The molecule has 0 radical (unpaired) electrons. The van der Waals surface area contributed by atoms with Crippen LogP contribution in [0.2, 0.25) is 5.02 Å². The molecule has 110 valence electrons. The summed E-state index contributed by atoms with van der Waals surface area (Å²) in [4.78, 5) is 17.8. The molecule has 0 saturated carbocycles. The standard InChI is InChI=1S/C16H17ClN2O2/c1-10-7-19(9-14(10)16(20)21)8-12-6-13(17)5-11-3-2-4-18-15(11)12/h2-6,10,14H,7-9H2,1H3,(H,20,21)/t10-,14-/m1/s1. The number of hydrogen-bond acceptors (Lipinski definition) is 3. The number of pyridine rings is 1. The normalized spacial score (nSPS) is 22.8. The number of carboxylic acids is 1. The minimum Gasteiger partial charge on any atom is -0.481 e. The van der Waals surface area contributed by atoms with E-state index >= 15 is 0 Å². The number of aliphatic carboxylic acids is 1. The number of halogens is 1. The van der Waals surface area contributed by atoms with E-state index in [4.69, 9.17) is 11.6 Å². The van der Waals surface area contributed by atoms with Crippen LogP contribution in [-0.2, 0) is 11.3 Å². The van der Waals surface area contributed by atoms with Gasteiger partial charge in [-0.15, -0.1) is 0 Å². The highest BCUT2D eigenvalue weighted by Crippen LogP contribution is 2.28. The minimum atomic E-state index is -0.709. The number of benzene rings is 1. The Morgan fingerprint density at radius 1 is 1.48 bits per heavy atom. The average Bonchev–Trinajstić information content (AvgIpc) is 2.79. The Morgan fingerprint density at radius 3 is 3.00 bits per heavy atom. The topological polar surface area (TPSA) is 53.4 Å². The second-order valence-electron chi connectivity index (χ2n) is 5.76. The van der Waals surface area contributed by atoms with Gasteiger partial charge in [-0.1, -0.05) is 24.6 Å². The molecule has 1 aliphatic rings. The van der Waals surface area contributed by atoms with Crippen molar-refractivity contribution >= 4 is 28.5 Å². The van der Waals surface area contributed by atoms with Gasteiger partial charge in [0.05, 0.1) is 11.4 Å². The number of fused-ring (bicyclic) bond motifs is 1. The van der Waals surface area contributed by atoms with Crippen molar-refractivity contribution < 1.29 is 9.90 Å². The van der Waals surface area contributed by atoms with Crippen LogP contribution in [0.4, 0.5) is 0 Å². The Hall–Kier alpha value is -1.65. The molecule has 1 N–H and O–H groups in total. The number of rotatable bonds is 3. The van der Waals surface area contributed by atoms with Crippen molar-refractivity contribution in [2.45, 2.75) is 13.5 Å². The van der Waals surface area contributed by atoms with Gasteiger partial charge in [0.2, 0.25) is 0 Å². The highest BCUT2D eigenvalue weighted by Gasteiger charge is 2.34. The second kappa shape index (κ2) is 5.62. The van der Waals surface area contributed by atoms with Gasteiger partial charge in [0.25, 0.3) is 0 Å². The van der Waals surface area contributed by atoms with E-state index < -0.39 is 5.97 Å². The molecule has 2 heterocycles. The lowest BCUT2D eigenvalue weighted by atomic mass is 9.99. The zero-order valence-electron chi connectivity index (χ0n) is 11.8. The van der Waals surface area contributed by atoms with Crippen molar-refractivity contribution in [1.82, 2.24) is 9.88 Å².